The van der Waals surface area contributed by atoms with Gasteiger partial charge in [-0.1, -0.05) is 6.07 Å². The number of aromatic nitrogens is 1. The Hall–Kier alpha value is -1.86. The van der Waals surface area contributed by atoms with Gasteiger partial charge in [0.2, 0.25) is 0 Å². The minimum absolute atomic E-state index is 0.455. The molecule has 7 heteroatoms. The molecule has 0 atom stereocenters. The summed E-state index contributed by atoms with van der Waals surface area (Å²) >= 11 is 1.62. The first-order valence-electron chi connectivity index (χ1n) is 7.41. The highest BCUT2D eigenvalue weighted by molar-refractivity contribution is 7.09. The SMILES string of the molecule is Cc1csc(CN2CCN(C(=O)c3c(F)cccc3F)CC2)n1. The van der Waals surface area contributed by atoms with Crippen LogP contribution in [0.4, 0.5) is 8.78 Å². The lowest BCUT2D eigenvalue weighted by atomic mass is 10.1. The molecule has 0 radical (unpaired) electrons. The van der Waals surface area contributed by atoms with E-state index in [1.807, 2.05) is 12.3 Å². The third-order valence-corrected chi connectivity index (χ3v) is 4.81. The van der Waals surface area contributed by atoms with Crippen LogP contribution in [0.15, 0.2) is 23.6 Å². The van der Waals surface area contributed by atoms with E-state index in [-0.39, 0.29) is 0 Å². The molecule has 0 aliphatic carbocycles. The highest BCUT2D eigenvalue weighted by Crippen LogP contribution is 2.17. The summed E-state index contributed by atoms with van der Waals surface area (Å²) in [4.78, 5) is 20.5. The summed E-state index contributed by atoms with van der Waals surface area (Å²) in [5.41, 5.74) is 0.547. The second kappa shape index (κ2) is 6.72. The van der Waals surface area contributed by atoms with Crippen LogP contribution in [0.25, 0.3) is 0 Å². The van der Waals surface area contributed by atoms with E-state index >= 15 is 0 Å². The number of nitrogens with zero attached hydrogens (tertiary/aromatic N) is 3. The van der Waals surface area contributed by atoms with E-state index < -0.39 is 23.1 Å². The molecule has 2 heterocycles. The van der Waals surface area contributed by atoms with E-state index in [0.717, 1.165) is 29.4 Å². The number of carbonyl (C=O) groups excluding carboxylic acids is 1. The van der Waals surface area contributed by atoms with E-state index in [2.05, 4.69) is 9.88 Å². The average Bonchev–Trinajstić information content (AvgIpc) is 2.93. The predicted octanol–water partition coefficient (Wildman–Crippen LogP) is 2.69. The van der Waals surface area contributed by atoms with Gasteiger partial charge in [0.25, 0.3) is 5.91 Å². The highest BCUT2D eigenvalue weighted by atomic mass is 32.1. The highest BCUT2D eigenvalue weighted by Gasteiger charge is 2.26. The van der Waals surface area contributed by atoms with Gasteiger partial charge in [0.05, 0.1) is 6.54 Å². The molecule has 1 aromatic heterocycles. The van der Waals surface area contributed by atoms with Crippen molar-refractivity contribution in [3.8, 4) is 0 Å². The standard InChI is InChI=1S/C16H17F2N3OS/c1-11-10-23-14(19-11)9-20-5-7-21(8-6-20)16(22)15-12(17)3-2-4-13(15)18/h2-4,10H,5-9H2,1H3. The normalized spacial score (nSPS) is 15.9. The first-order chi connectivity index (χ1) is 11.0. The minimum Gasteiger partial charge on any atom is -0.336 e. The number of aryl methyl sites for hydroxylation is 1. The third-order valence-electron chi connectivity index (χ3n) is 3.86. The molecule has 0 saturated carbocycles. The summed E-state index contributed by atoms with van der Waals surface area (Å²) < 4.78 is 27.4. The van der Waals surface area contributed by atoms with Gasteiger partial charge < -0.3 is 4.90 Å². The fourth-order valence-corrected chi connectivity index (χ4v) is 3.45. The number of rotatable bonds is 3. The van der Waals surface area contributed by atoms with Crippen molar-refractivity contribution >= 4 is 17.2 Å². The zero-order valence-electron chi connectivity index (χ0n) is 12.8. The van der Waals surface area contributed by atoms with E-state index in [9.17, 15) is 13.6 Å². The van der Waals surface area contributed by atoms with Crippen molar-refractivity contribution in [2.24, 2.45) is 0 Å². The second-order valence-corrected chi connectivity index (χ2v) is 6.49. The lowest BCUT2D eigenvalue weighted by molar-refractivity contribution is 0.0619. The Kier molecular flexibility index (Phi) is 4.68. The Balaban J connectivity index is 1.61. The molecule has 3 rings (SSSR count). The summed E-state index contributed by atoms with van der Waals surface area (Å²) in [5, 5.41) is 3.05. The maximum atomic E-state index is 13.7. The van der Waals surface area contributed by atoms with Crippen molar-refractivity contribution in [2.45, 2.75) is 13.5 Å². The molecule has 0 bridgehead atoms. The Morgan fingerprint density at radius 3 is 2.43 bits per heavy atom. The maximum absolute atomic E-state index is 13.7. The molecular formula is C16H17F2N3OS. The third kappa shape index (κ3) is 3.56. The van der Waals surface area contributed by atoms with Crippen molar-refractivity contribution < 1.29 is 13.6 Å². The smallest absolute Gasteiger partial charge is 0.259 e. The molecular weight excluding hydrogens is 320 g/mol. The van der Waals surface area contributed by atoms with Crippen LogP contribution in [0.1, 0.15) is 21.1 Å². The van der Waals surface area contributed by atoms with Crippen molar-refractivity contribution in [1.82, 2.24) is 14.8 Å². The lowest BCUT2D eigenvalue weighted by Crippen LogP contribution is -2.48. The quantitative estimate of drug-likeness (QED) is 0.864. The minimum atomic E-state index is -0.810. The maximum Gasteiger partial charge on any atom is 0.259 e. The van der Waals surface area contributed by atoms with Crippen molar-refractivity contribution in [3.63, 3.8) is 0 Å². The molecule has 122 valence electrons. The van der Waals surface area contributed by atoms with Crippen LogP contribution in [-0.2, 0) is 6.54 Å². The van der Waals surface area contributed by atoms with E-state index in [4.69, 9.17) is 0 Å². The molecule has 4 nitrogen and oxygen atoms in total. The van der Waals surface area contributed by atoms with Gasteiger partial charge in [-0.3, -0.25) is 9.69 Å². The van der Waals surface area contributed by atoms with Gasteiger partial charge in [-0.05, 0) is 19.1 Å². The molecule has 1 saturated heterocycles. The van der Waals surface area contributed by atoms with Gasteiger partial charge >= 0.3 is 0 Å². The Labute approximate surface area is 137 Å². The van der Waals surface area contributed by atoms with Crippen molar-refractivity contribution in [2.75, 3.05) is 26.2 Å². The predicted molar refractivity (Wildman–Crippen MR) is 84.4 cm³/mol. The fourth-order valence-electron chi connectivity index (χ4n) is 2.64. The molecule has 2 aromatic rings. The lowest BCUT2D eigenvalue weighted by Gasteiger charge is -2.34. The Morgan fingerprint density at radius 1 is 1.22 bits per heavy atom. The summed E-state index contributed by atoms with van der Waals surface area (Å²) in [5.74, 6) is -2.20. The summed E-state index contributed by atoms with van der Waals surface area (Å²) in [6.07, 6.45) is 0. The molecule has 1 fully saturated rings. The molecule has 1 amide bonds. The van der Waals surface area contributed by atoms with Crippen LogP contribution in [0.3, 0.4) is 0 Å². The van der Waals surface area contributed by atoms with Gasteiger partial charge in [-0.2, -0.15) is 0 Å². The molecule has 0 unspecified atom stereocenters. The topological polar surface area (TPSA) is 36.4 Å². The van der Waals surface area contributed by atoms with Crippen LogP contribution in [-0.4, -0.2) is 46.9 Å². The molecule has 1 aliphatic rings. The number of halogens is 2. The number of hydrogen-bond donors (Lipinski definition) is 0. The summed E-state index contributed by atoms with van der Waals surface area (Å²) in [6.45, 7) is 4.95. The molecule has 23 heavy (non-hydrogen) atoms. The molecule has 1 aromatic carbocycles. The fraction of sp³-hybridized carbons (Fsp3) is 0.375. The number of piperazine rings is 1. The largest absolute Gasteiger partial charge is 0.336 e. The molecule has 1 aliphatic heterocycles. The van der Waals surface area contributed by atoms with Crippen LogP contribution in [0, 0.1) is 18.6 Å². The first-order valence-corrected chi connectivity index (χ1v) is 8.29. The van der Waals surface area contributed by atoms with E-state index in [1.54, 1.807) is 11.3 Å². The van der Waals surface area contributed by atoms with Crippen molar-refractivity contribution in [1.29, 1.82) is 0 Å². The zero-order valence-corrected chi connectivity index (χ0v) is 13.6. The number of hydrogen-bond acceptors (Lipinski definition) is 4. The Morgan fingerprint density at radius 2 is 1.87 bits per heavy atom. The second-order valence-electron chi connectivity index (χ2n) is 5.55. The first kappa shape index (κ1) is 16.0. The van der Waals surface area contributed by atoms with Crippen LogP contribution >= 0.6 is 11.3 Å². The number of amides is 1. The number of thiazole rings is 1. The van der Waals surface area contributed by atoms with E-state index in [1.165, 1.54) is 11.0 Å². The van der Waals surface area contributed by atoms with Gasteiger partial charge in [0.15, 0.2) is 0 Å². The Bertz CT molecular complexity index is 691. The molecule has 0 N–H and O–H groups in total. The summed E-state index contributed by atoms with van der Waals surface area (Å²) in [7, 11) is 0. The molecule has 0 spiro atoms. The van der Waals surface area contributed by atoms with E-state index in [0.29, 0.717) is 26.2 Å². The average molecular weight is 337 g/mol. The number of carbonyl (C=O) groups is 1. The monoisotopic (exact) mass is 337 g/mol. The van der Waals surface area contributed by atoms with Gasteiger partial charge in [-0.25, -0.2) is 13.8 Å². The number of benzene rings is 1. The van der Waals surface area contributed by atoms with Crippen molar-refractivity contribution in [3.05, 3.63) is 51.5 Å². The van der Waals surface area contributed by atoms with Crippen LogP contribution in [0.5, 0.6) is 0 Å². The van der Waals surface area contributed by atoms with Crippen LogP contribution < -0.4 is 0 Å². The van der Waals surface area contributed by atoms with Gasteiger partial charge in [-0.15, -0.1) is 11.3 Å². The van der Waals surface area contributed by atoms with Crippen LogP contribution in [0.2, 0.25) is 0 Å². The van der Waals surface area contributed by atoms with Gasteiger partial charge in [0, 0.05) is 37.3 Å². The summed E-state index contributed by atoms with van der Waals surface area (Å²) in [6, 6.07) is 3.48. The zero-order chi connectivity index (χ0) is 16.4. The van der Waals surface area contributed by atoms with Gasteiger partial charge in [0.1, 0.15) is 22.2 Å².